The van der Waals surface area contributed by atoms with Crippen LogP contribution in [0.5, 0.6) is 5.75 Å². The number of benzene rings is 1. The van der Waals surface area contributed by atoms with E-state index in [9.17, 15) is 0 Å². The van der Waals surface area contributed by atoms with Gasteiger partial charge in [0.2, 0.25) is 0 Å². The van der Waals surface area contributed by atoms with Gasteiger partial charge in [-0.25, -0.2) is 0 Å². The summed E-state index contributed by atoms with van der Waals surface area (Å²) in [6, 6.07) is 6.16. The first kappa shape index (κ1) is 16.1. The number of hydrogen-bond acceptors (Lipinski definition) is 2. The van der Waals surface area contributed by atoms with Gasteiger partial charge in [-0.3, -0.25) is 0 Å². The summed E-state index contributed by atoms with van der Waals surface area (Å²) in [5, 5.41) is 0.0943. The maximum atomic E-state index is 6.68. The fourth-order valence-corrected chi connectivity index (χ4v) is 3.92. The SMILES string of the molecule is COCCOc1ccc(C(Cl)C2CCCC2C)cc1Br. The molecule has 0 amide bonds. The Hall–Kier alpha value is -0.250. The molecule has 2 nitrogen and oxygen atoms in total. The maximum Gasteiger partial charge on any atom is 0.133 e. The van der Waals surface area contributed by atoms with Crippen molar-refractivity contribution in [2.24, 2.45) is 11.8 Å². The molecule has 0 saturated heterocycles. The van der Waals surface area contributed by atoms with Crippen molar-refractivity contribution in [2.45, 2.75) is 31.6 Å². The molecule has 2 rings (SSSR count). The van der Waals surface area contributed by atoms with Gasteiger partial charge in [0.25, 0.3) is 0 Å². The maximum absolute atomic E-state index is 6.68. The smallest absolute Gasteiger partial charge is 0.133 e. The van der Waals surface area contributed by atoms with Gasteiger partial charge >= 0.3 is 0 Å². The average molecular weight is 362 g/mol. The minimum atomic E-state index is 0.0943. The van der Waals surface area contributed by atoms with Crippen LogP contribution in [-0.4, -0.2) is 20.3 Å². The minimum absolute atomic E-state index is 0.0943. The molecule has 1 aromatic carbocycles. The molecular weight excluding hydrogens is 340 g/mol. The van der Waals surface area contributed by atoms with E-state index in [2.05, 4.69) is 35.0 Å². The van der Waals surface area contributed by atoms with Crippen LogP contribution in [0.3, 0.4) is 0 Å². The summed E-state index contributed by atoms with van der Waals surface area (Å²) < 4.78 is 11.6. The first-order valence-corrected chi connectivity index (χ1v) is 8.41. The lowest BCUT2D eigenvalue weighted by Gasteiger charge is -2.22. The summed E-state index contributed by atoms with van der Waals surface area (Å²) >= 11 is 10.2. The molecule has 1 aromatic rings. The topological polar surface area (TPSA) is 18.5 Å². The van der Waals surface area contributed by atoms with Crippen molar-refractivity contribution >= 4 is 27.5 Å². The number of hydrogen-bond donors (Lipinski definition) is 0. The minimum Gasteiger partial charge on any atom is -0.490 e. The molecule has 0 aliphatic heterocycles. The van der Waals surface area contributed by atoms with Crippen LogP contribution >= 0.6 is 27.5 Å². The third kappa shape index (κ3) is 3.90. The quantitative estimate of drug-likeness (QED) is 0.513. The van der Waals surface area contributed by atoms with Crippen LogP contribution in [-0.2, 0) is 4.74 Å². The number of rotatable bonds is 6. The number of halogens is 2. The summed E-state index contributed by atoms with van der Waals surface area (Å²) in [6.07, 6.45) is 3.83. The molecule has 0 bridgehead atoms. The second-order valence-corrected chi connectivity index (χ2v) is 6.83. The van der Waals surface area contributed by atoms with Crippen LogP contribution < -0.4 is 4.74 Å². The van der Waals surface area contributed by atoms with Gasteiger partial charge in [0.15, 0.2) is 0 Å². The summed E-state index contributed by atoms with van der Waals surface area (Å²) in [4.78, 5) is 0. The lowest BCUT2D eigenvalue weighted by molar-refractivity contribution is 0.146. The second kappa shape index (κ2) is 7.67. The molecule has 3 atom stereocenters. The predicted octanol–water partition coefficient (Wildman–Crippen LogP) is 5.19. The van der Waals surface area contributed by atoms with Gasteiger partial charge in [0, 0.05) is 7.11 Å². The molecule has 1 fully saturated rings. The predicted molar refractivity (Wildman–Crippen MR) is 86.6 cm³/mol. The van der Waals surface area contributed by atoms with Gasteiger partial charge in [0.1, 0.15) is 12.4 Å². The molecule has 0 spiro atoms. The Labute approximate surface area is 134 Å². The molecule has 0 aromatic heterocycles. The zero-order valence-electron chi connectivity index (χ0n) is 12.1. The van der Waals surface area contributed by atoms with Gasteiger partial charge in [-0.1, -0.05) is 25.8 Å². The van der Waals surface area contributed by atoms with E-state index in [1.807, 2.05) is 6.07 Å². The molecule has 0 heterocycles. The Morgan fingerprint density at radius 1 is 1.35 bits per heavy atom. The summed E-state index contributed by atoms with van der Waals surface area (Å²) in [5.74, 6) is 2.15. The molecule has 3 unspecified atom stereocenters. The van der Waals surface area contributed by atoms with Crippen molar-refractivity contribution in [3.8, 4) is 5.75 Å². The monoisotopic (exact) mass is 360 g/mol. The van der Waals surface area contributed by atoms with Gasteiger partial charge < -0.3 is 9.47 Å². The van der Waals surface area contributed by atoms with Crippen LogP contribution in [0, 0.1) is 11.8 Å². The van der Waals surface area contributed by atoms with Gasteiger partial charge in [-0.2, -0.15) is 0 Å². The van der Waals surface area contributed by atoms with E-state index in [4.69, 9.17) is 21.1 Å². The molecular formula is C16H22BrClO2. The standard InChI is InChI=1S/C16H22BrClO2/c1-11-4-3-5-13(11)16(18)12-6-7-15(14(17)10-12)20-9-8-19-2/h6-7,10-11,13,16H,3-5,8-9H2,1-2H3. The molecule has 1 saturated carbocycles. The summed E-state index contributed by atoms with van der Waals surface area (Å²) in [5.41, 5.74) is 1.18. The summed E-state index contributed by atoms with van der Waals surface area (Å²) in [7, 11) is 1.67. The first-order valence-electron chi connectivity index (χ1n) is 7.18. The van der Waals surface area contributed by atoms with Crippen molar-refractivity contribution in [1.82, 2.24) is 0 Å². The fraction of sp³-hybridized carbons (Fsp3) is 0.625. The highest BCUT2D eigenvalue weighted by Crippen LogP contribution is 2.44. The second-order valence-electron chi connectivity index (χ2n) is 5.50. The van der Waals surface area contributed by atoms with Crippen molar-refractivity contribution in [1.29, 1.82) is 0 Å². The van der Waals surface area contributed by atoms with Gasteiger partial charge in [0.05, 0.1) is 16.5 Å². The third-order valence-corrected chi connectivity index (χ3v) is 5.32. The largest absolute Gasteiger partial charge is 0.490 e. The van der Waals surface area contributed by atoms with E-state index in [-0.39, 0.29) is 5.38 Å². The molecule has 0 N–H and O–H groups in total. The molecule has 1 aliphatic carbocycles. The zero-order valence-corrected chi connectivity index (χ0v) is 14.4. The van der Waals surface area contributed by atoms with E-state index in [0.717, 1.165) is 10.2 Å². The molecule has 112 valence electrons. The van der Waals surface area contributed by atoms with Crippen molar-refractivity contribution < 1.29 is 9.47 Å². The van der Waals surface area contributed by atoms with E-state index in [1.54, 1.807) is 7.11 Å². The number of alkyl halides is 1. The fourth-order valence-electron chi connectivity index (χ4n) is 2.90. The normalized spacial score (nSPS) is 23.8. The van der Waals surface area contributed by atoms with Crippen LogP contribution in [0.15, 0.2) is 22.7 Å². The van der Waals surface area contributed by atoms with Crippen molar-refractivity contribution in [3.05, 3.63) is 28.2 Å². The van der Waals surface area contributed by atoms with Crippen molar-refractivity contribution in [2.75, 3.05) is 20.3 Å². The Kier molecular flexibility index (Phi) is 6.19. The Morgan fingerprint density at radius 3 is 2.75 bits per heavy atom. The third-order valence-electron chi connectivity index (χ3n) is 4.12. The lowest BCUT2D eigenvalue weighted by atomic mass is 9.90. The van der Waals surface area contributed by atoms with E-state index in [0.29, 0.717) is 25.0 Å². The number of ether oxygens (including phenoxy) is 2. The highest BCUT2D eigenvalue weighted by molar-refractivity contribution is 9.10. The van der Waals surface area contributed by atoms with Crippen LogP contribution in [0.2, 0.25) is 0 Å². The van der Waals surface area contributed by atoms with Crippen LogP contribution in [0.4, 0.5) is 0 Å². The molecule has 20 heavy (non-hydrogen) atoms. The molecule has 4 heteroatoms. The Balaban J connectivity index is 2.04. The lowest BCUT2D eigenvalue weighted by Crippen LogP contribution is -2.11. The number of methoxy groups -OCH3 is 1. The van der Waals surface area contributed by atoms with E-state index >= 15 is 0 Å². The first-order chi connectivity index (χ1) is 9.63. The van der Waals surface area contributed by atoms with Crippen LogP contribution in [0.1, 0.15) is 37.1 Å². The molecule has 1 aliphatic rings. The average Bonchev–Trinajstić information content (AvgIpc) is 2.86. The molecule has 0 radical (unpaired) electrons. The van der Waals surface area contributed by atoms with E-state index < -0.39 is 0 Å². The highest BCUT2D eigenvalue weighted by atomic mass is 79.9. The highest BCUT2D eigenvalue weighted by Gasteiger charge is 2.30. The van der Waals surface area contributed by atoms with E-state index in [1.165, 1.54) is 24.8 Å². The summed E-state index contributed by atoms with van der Waals surface area (Å²) in [6.45, 7) is 3.45. The van der Waals surface area contributed by atoms with Crippen molar-refractivity contribution in [3.63, 3.8) is 0 Å². The van der Waals surface area contributed by atoms with Crippen LogP contribution in [0.25, 0.3) is 0 Å². The Bertz CT molecular complexity index is 438. The van der Waals surface area contributed by atoms with Gasteiger partial charge in [-0.15, -0.1) is 11.6 Å². The van der Waals surface area contributed by atoms with Gasteiger partial charge in [-0.05, 0) is 51.9 Å². The Morgan fingerprint density at radius 2 is 2.15 bits per heavy atom. The zero-order chi connectivity index (χ0) is 14.5.